The quantitative estimate of drug-likeness (QED) is 0.456. The van der Waals surface area contributed by atoms with Crippen molar-refractivity contribution in [2.24, 2.45) is 0 Å². The van der Waals surface area contributed by atoms with Gasteiger partial charge in [-0.05, 0) is 50.4 Å². The molecule has 0 aliphatic rings. The fraction of sp³-hybridized carbons (Fsp3) is 0.538. The minimum absolute atomic E-state index is 0.219. The molecule has 0 amide bonds. The molecule has 0 bridgehead atoms. The zero-order valence-corrected chi connectivity index (χ0v) is 20.5. The van der Waals surface area contributed by atoms with Crippen molar-refractivity contribution in [1.29, 1.82) is 0 Å². The third-order valence-electron chi connectivity index (χ3n) is 5.62. The second-order valence-electron chi connectivity index (χ2n) is 8.40. The van der Waals surface area contributed by atoms with Gasteiger partial charge in [0.2, 0.25) is 0 Å². The highest BCUT2D eigenvalue weighted by Crippen LogP contribution is 2.28. The molecular formula is C26H41N3O3. The molecule has 32 heavy (non-hydrogen) atoms. The van der Waals surface area contributed by atoms with Gasteiger partial charge in [-0.15, -0.1) is 0 Å². The number of hydrogen-bond acceptors (Lipinski definition) is 6. The number of aliphatic hydroxyl groups excluding tert-OH is 1. The van der Waals surface area contributed by atoms with Crippen molar-refractivity contribution in [3.05, 3.63) is 59.7 Å². The summed E-state index contributed by atoms with van der Waals surface area (Å²) in [5.41, 5.74) is 2.39. The summed E-state index contributed by atoms with van der Waals surface area (Å²) in [5, 5.41) is 10.5. The summed E-state index contributed by atoms with van der Waals surface area (Å²) in [7, 11) is 5.79. The fourth-order valence-electron chi connectivity index (χ4n) is 3.73. The van der Waals surface area contributed by atoms with Crippen LogP contribution in [0.5, 0.6) is 11.5 Å². The normalized spacial score (nSPS) is 12.5. The van der Waals surface area contributed by atoms with Gasteiger partial charge in [0, 0.05) is 32.7 Å². The average Bonchev–Trinajstić information content (AvgIpc) is 2.79. The number of rotatable bonds is 15. The van der Waals surface area contributed by atoms with Crippen LogP contribution in [0, 0.1) is 0 Å². The predicted molar refractivity (Wildman–Crippen MR) is 131 cm³/mol. The number of aliphatic hydroxyl groups is 1. The SMILES string of the molecule is CCN(CC)CCN(C)Cc1ccc(OC)c(OC[C@@H](O)CN(C)Cc2ccccc2)c1. The highest BCUT2D eigenvalue weighted by Gasteiger charge is 2.13. The second kappa shape index (κ2) is 14.1. The number of likely N-dealkylation sites (N-methyl/N-ethyl adjacent to an activating group) is 3. The Morgan fingerprint density at radius 2 is 1.53 bits per heavy atom. The average molecular weight is 444 g/mol. The molecule has 2 rings (SSSR count). The van der Waals surface area contributed by atoms with Gasteiger partial charge >= 0.3 is 0 Å². The van der Waals surface area contributed by atoms with Crippen molar-refractivity contribution >= 4 is 0 Å². The molecular weight excluding hydrogens is 402 g/mol. The topological polar surface area (TPSA) is 48.4 Å². The molecule has 0 spiro atoms. The Kier molecular flexibility index (Phi) is 11.5. The fourth-order valence-corrected chi connectivity index (χ4v) is 3.73. The van der Waals surface area contributed by atoms with E-state index in [0.717, 1.165) is 39.3 Å². The number of methoxy groups -OCH3 is 1. The molecule has 0 heterocycles. The van der Waals surface area contributed by atoms with Crippen molar-refractivity contribution in [2.45, 2.75) is 33.0 Å². The lowest BCUT2D eigenvalue weighted by Gasteiger charge is -2.23. The van der Waals surface area contributed by atoms with Crippen LogP contribution in [-0.4, -0.2) is 86.4 Å². The van der Waals surface area contributed by atoms with E-state index >= 15 is 0 Å². The number of benzene rings is 2. The van der Waals surface area contributed by atoms with Crippen LogP contribution in [-0.2, 0) is 13.1 Å². The largest absolute Gasteiger partial charge is 0.493 e. The van der Waals surface area contributed by atoms with Crippen molar-refractivity contribution in [3.63, 3.8) is 0 Å². The Morgan fingerprint density at radius 1 is 0.844 bits per heavy atom. The third kappa shape index (κ3) is 9.17. The Balaban J connectivity index is 1.87. The minimum Gasteiger partial charge on any atom is -0.493 e. The molecule has 1 atom stereocenters. The zero-order valence-electron chi connectivity index (χ0n) is 20.5. The lowest BCUT2D eigenvalue weighted by atomic mass is 10.2. The molecule has 0 aliphatic heterocycles. The van der Waals surface area contributed by atoms with Crippen LogP contribution >= 0.6 is 0 Å². The van der Waals surface area contributed by atoms with E-state index in [1.165, 1.54) is 11.1 Å². The molecule has 0 radical (unpaired) electrons. The summed E-state index contributed by atoms with van der Waals surface area (Å²) in [6.45, 7) is 11.0. The molecule has 1 N–H and O–H groups in total. The summed E-state index contributed by atoms with van der Waals surface area (Å²) in [6.07, 6.45) is -0.589. The Hall–Kier alpha value is -2.12. The molecule has 0 fully saturated rings. The monoisotopic (exact) mass is 443 g/mol. The third-order valence-corrected chi connectivity index (χ3v) is 5.62. The first-order chi connectivity index (χ1) is 15.4. The smallest absolute Gasteiger partial charge is 0.161 e. The van der Waals surface area contributed by atoms with Crippen molar-refractivity contribution in [2.75, 3.05) is 60.5 Å². The summed E-state index contributed by atoms with van der Waals surface area (Å²) >= 11 is 0. The highest BCUT2D eigenvalue weighted by molar-refractivity contribution is 5.43. The summed E-state index contributed by atoms with van der Waals surface area (Å²) < 4.78 is 11.4. The standard InChI is InChI=1S/C26H41N3O3/c1-6-29(7-2)16-15-27(3)19-23-13-14-25(31-5)26(17-23)32-21-24(30)20-28(4)18-22-11-9-8-10-12-22/h8-14,17,24,30H,6-7,15-16,18-21H2,1-5H3/t24-/m0/s1. The first-order valence-electron chi connectivity index (χ1n) is 11.6. The van der Waals surface area contributed by atoms with E-state index in [-0.39, 0.29) is 6.61 Å². The van der Waals surface area contributed by atoms with E-state index in [1.807, 2.05) is 37.4 Å². The Morgan fingerprint density at radius 3 is 2.19 bits per heavy atom. The number of ether oxygens (including phenoxy) is 2. The van der Waals surface area contributed by atoms with Gasteiger partial charge in [0.1, 0.15) is 12.7 Å². The molecule has 2 aromatic rings. The van der Waals surface area contributed by atoms with E-state index in [9.17, 15) is 5.11 Å². The van der Waals surface area contributed by atoms with Crippen LogP contribution in [0.15, 0.2) is 48.5 Å². The summed E-state index contributed by atoms with van der Waals surface area (Å²) in [4.78, 5) is 6.84. The Bertz CT molecular complexity index is 768. The molecule has 2 aromatic carbocycles. The number of hydrogen-bond donors (Lipinski definition) is 1. The summed E-state index contributed by atoms with van der Waals surface area (Å²) in [5.74, 6) is 1.36. The van der Waals surface area contributed by atoms with Gasteiger partial charge in [-0.3, -0.25) is 4.90 Å². The van der Waals surface area contributed by atoms with Gasteiger partial charge in [0.25, 0.3) is 0 Å². The molecule has 6 heteroatoms. The van der Waals surface area contributed by atoms with Crippen molar-refractivity contribution < 1.29 is 14.6 Å². The van der Waals surface area contributed by atoms with Crippen LogP contribution in [0.4, 0.5) is 0 Å². The predicted octanol–water partition coefficient (Wildman–Crippen LogP) is 3.34. The van der Waals surface area contributed by atoms with Gasteiger partial charge in [0.05, 0.1) is 7.11 Å². The van der Waals surface area contributed by atoms with Gasteiger partial charge in [-0.2, -0.15) is 0 Å². The first-order valence-corrected chi connectivity index (χ1v) is 11.6. The Labute approximate surface area is 194 Å². The van der Waals surface area contributed by atoms with Crippen LogP contribution in [0.2, 0.25) is 0 Å². The van der Waals surface area contributed by atoms with Crippen molar-refractivity contribution in [3.8, 4) is 11.5 Å². The highest BCUT2D eigenvalue weighted by atomic mass is 16.5. The van der Waals surface area contributed by atoms with Crippen LogP contribution < -0.4 is 9.47 Å². The molecule has 0 unspecified atom stereocenters. The van der Waals surface area contributed by atoms with Crippen LogP contribution in [0.1, 0.15) is 25.0 Å². The molecule has 0 saturated carbocycles. The van der Waals surface area contributed by atoms with Crippen LogP contribution in [0.3, 0.4) is 0 Å². The van der Waals surface area contributed by atoms with Gasteiger partial charge in [-0.25, -0.2) is 0 Å². The second-order valence-corrected chi connectivity index (χ2v) is 8.40. The molecule has 178 valence electrons. The van der Waals surface area contributed by atoms with Gasteiger partial charge in [-0.1, -0.05) is 50.2 Å². The van der Waals surface area contributed by atoms with E-state index in [4.69, 9.17) is 9.47 Å². The van der Waals surface area contributed by atoms with Gasteiger partial charge < -0.3 is 24.4 Å². The molecule has 0 aliphatic carbocycles. The summed E-state index contributed by atoms with van der Waals surface area (Å²) in [6, 6.07) is 16.3. The number of nitrogens with zero attached hydrogens (tertiary/aromatic N) is 3. The first kappa shape index (κ1) is 26.1. The van der Waals surface area contributed by atoms with Crippen molar-refractivity contribution in [1.82, 2.24) is 14.7 Å². The lowest BCUT2D eigenvalue weighted by Crippen LogP contribution is -2.33. The minimum atomic E-state index is -0.589. The van der Waals surface area contributed by atoms with E-state index in [1.54, 1.807) is 7.11 Å². The maximum absolute atomic E-state index is 10.5. The molecule has 0 aromatic heterocycles. The zero-order chi connectivity index (χ0) is 23.3. The maximum atomic E-state index is 10.5. The lowest BCUT2D eigenvalue weighted by molar-refractivity contribution is 0.0732. The van der Waals surface area contributed by atoms with E-state index in [2.05, 4.69) is 53.8 Å². The van der Waals surface area contributed by atoms with E-state index in [0.29, 0.717) is 18.0 Å². The maximum Gasteiger partial charge on any atom is 0.161 e. The molecule has 6 nitrogen and oxygen atoms in total. The van der Waals surface area contributed by atoms with Gasteiger partial charge in [0.15, 0.2) is 11.5 Å². The molecule has 0 saturated heterocycles. The van der Waals surface area contributed by atoms with Crippen LogP contribution in [0.25, 0.3) is 0 Å². The van der Waals surface area contributed by atoms with E-state index < -0.39 is 6.10 Å².